The Labute approximate surface area is 120 Å². The SMILES string of the molecule is CCOC(=O)C(Sc1nncc2ccccc12)C(C)=O. The molecule has 6 heteroatoms. The van der Waals surface area contributed by atoms with Crippen molar-refractivity contribution in [2.24, 2.45) is 0 Å². The Morgan fingerprint density at radius 2 is 2.10 bits per heavy atom. The van der Waals surface area contributed by atoms with Gasteiger partial charge < -0.3 is 4.74 Å². The van der Waals surface area contributed by atoms with Crippen molar-refractivity contribution in [2.75, 3.05) is 6.61 Å². The van der Waals surface area contributed by atoms with Crippen LogP contribution in [0, 0.1) is 0 Å². The minimum Gasteiger partial charge on any atom is -0.465 e. The summed E-state index contributed by atoms with van der Waals surface area (Å²) < 4.78 is 4.92. The van der Waals surface area contributed by atoms with Gasteiger partial charge in [-0.25, -0.2) is 0 Å². The van der Waals surface area contributed by atoms with E-state index in [9.17, 15) is 9.59 Å². The first-order valence-corrected chi connectivity index (χ1v) is 7.05. The van der Waals surface area contributed by atoms with Crippen molar-refractivity contribution < 1.29 is 14.3 Å². The molecule has 2 aromatic rings. The van der Waals surface area contributed by atoms with Crippen LogP contribution < -0.4 is 0 Å². The molecule has 0 aliphatic heterocycles. The number of esters is 1. The topological polar surface area (TPSA) is 69.2 Å². The molecule has 2 rings (SSSR count). The van der Waals surface area contributed by atoms with Crippen LogP contribution in [0.5, 0.6) is 0 Å². The molecule has 0 bridgehead atoms. The molecular weight excluding hydrogens is 276 g/mol. The molecule has 1 unspecified atom stereocenters. The molecule has 1 aromatic heterocycles. The largest absolute Gasteiger partial charge is 0.465 e. The zero-order valence-electron chi connectivity index (χ0n) is 11.2. The quantitative estimate of drug-likeness (QED) is 0.478. The van der Waals surface area contributed by atoms with E-state index in [2.05, 4.69) is 10.2 Å². The Hall–Kier alpha value is -1.95. The summed E-state index contributed by atoms with van der Waals surface area (Å²) in [7, 11) is 0. The van der Waals surface area contributed by atoms with Gasteiger partial charge in [0, 0.05) is 10.8 Å². The molecule has 0 saturated carbocycles. The second kappa shape index (κ2) is 6.47. The lowest BCUT2D eigenvalue weighted by atomic mass is 10.2. The molecule has 0 aliphatic rings. The Morgan fingerprint density at radius 1 is 1.35 bits per heavy atom. The number of nitrogens with zero attached hydrogens (tertiary/aromatic N) is 2. The zero-order valence-corrected chi connectivity index (χ0v) is 12.0. The second-order valence-corrected chi connectivity index (χ2v) is 5.19. The number of Topliss-reactive ketones (excluding diaryl/α,β-unsaturated/α-hetero) is 1. The summed E-state index contributed by atoms with van der Waals surface area (Å²) in [6.45, 7) is 3.31. The molecular formula is C14H14N2O3S. The van der Waals surface area contributed by atoms with Crippen LogP contribution >= 0.6 is 11.8 Å². The van der Waals surface area contributed by atoms with Crippen LogP contribution in [0.4, 0.5) is 0 Å². The number of ether oxygens (including phenoxy) is 1. The third-order valence-electron chi connectivity index (χ3n) is 2.64. The maximum atomic E-state index is 11.8. The predicted octanol–water partition coefficient (Wildman–Crippen LogP) is 2.24. The zero-order chi connectivity index (χ0) is 14.5. The van der Waals surface area contributed by atoms with Crippen molar-refractivity contribution in [1.82, 2.24) is 10.2 Å². The van der Waals surface area contributed by atoms with Crippen LogP contribution in [0.15, 0.2) is 35.5 Å². The van der Waals surface area contributed by atoms with Crippen molar-refractivity contribution >= 4 is 34.3 Å². The van der Waals surface area contributed by atoms with E-state index < -0.39 is 11.2 Å². The molecule has 1 aromatic carbocycles. The molecule has 0 radical (unpaired) electrons. The molecule has 0 spiro atoms. The van der Waals surface area contributed by atoms with Crippen LogP contribution in [-0.2, 0) is 14.3 Å². The lowest BCUT2D eigenvalue weighted by Crippen LogP contribution is -2.27. The molecule has 0 aliphatic carbocycles. The summed E-state index contributed by atoms with van der Waals surface area (Å²) in [6, 6.07) is 7.56. The number of thioether (sulfide) groups is 1. The number of aromatic nitrogens is 2. The fourth-order valence-electron chi connectivity index (χ4n) is 1.72. The van der Waals surface area contributed by atoms with E-state index >= 15 is 0 Å². The Balaban J connectivity index is 2.34. The van der Waals surface area contributed by atoms with Gasteiger partial charge in [0.05, 0.1) is 12.8 Å². The number of benzene rings is 1. The summed E-state index contributed by atoms with van der Waals surface area (Å²) >= 11 is 1.08. The molecule has 104 valence electrons. The van der Waals surface area contributed by atoms with Gasteiger partial charge in [-0.3, -0.25) is 9.59 Å². The van der Waals surface area contributed by atoms with Crippen LogP contribution in [0.3, 0.4) is 0 Å². The Kier molecular flexibility index (Phi) is 4.68. The van der Waals surface area contributed by atoms with Crippen LogP contribution in [0.25, 0.3) is 10.8 Å². The van der Waals surface area contributed by atoms with Crippen molar-refractivity contribution in [1.29, 1.82) is 0 Å². The van der Waals surface area contributed by atoms with Crippen molar-refractivity contribution in [3.8, 4) is 0 Å². The van der Waals surface area contributed by atoms with Gasteiger partial charge in [0.25, 0.3) is 0 Å². The number of carbonyl (C=O) groups excluding carboxylic acids is 2. The van der Waals surface area contributed by atoms with E-state index in [0.717, 1.165) is 22.5 Å². The first kappa shape index (κ1) is 14.5. The predicted molar refractivity (Wildman–Crippen MR) is 76.5 cm³/mol. The highest BCUT2D eigenvalue weighted by molar-refractivity contribution is 8.01. The van der Waals surface area contributed by atoms with Crippen molar-refractivity contribution in [3.05, 3.63) is 30.5 Å². The van der Waals surface area contributed by atoms with E-state index in [4.69, 9.17) is 4.74 Å². The van der Waals surface area contributed by atoms with Gasteiger partial charge >= 0.3 is 5.97 Å². The maximum absolute atomic E-state index is 11.8. The van der Waals surface area contributed by atoms with E-state index in [1.807, 2.05) is 24.3 Å². The average molecular weight is 290 g/mol. The first-order valence-electron chi connectivity index (χ1n) is 6.17. The molecule has 0 fully saturated rings. The molecule has 20 heavy (non-hydrogen) atoms. The molecule has 0 N–H and O–H groups in total. The number of ketones is 1. The van der Waals surface area contributed by atoms with Gasteiger partial charge in [-0.05, 0) is 13.8 Å². The fourth-order valence-corrected chi connectivity index (χ4v) is 2.68. The Bertz CT molecular complexity index is 640. The molecule has 1 heterocycles. The highest BCUT2D eigenvalue weighted by atomic mass is 32.2. The summed E-state index contributed by atoms with van der Waals surface area (Å²) in [6.07, 6.45) is 1.65. The highest BCUT2D eigenvalue weighted by Crippen LogP contribution is 2.29. The van der Waals surface area contributed by atoms with E-state index in [1.54, 1.807) is 13.1 Å². The fraction of sp³-hybridized carbons (Fsp3) is 0.286. The molecule has 1 atom stereocenters. The highest BCUT2D eigenvalue weighted by Gasteiger charge is 2.27. The van der Waals surface area contributed by atoms with Crippen molar-refractivity contribution in [3.63, 3.8) is 0 Å². The summed E-state index contributed by atoms with van der Waals surface area (Å²) in [5, 5.41) is 9.34. The molecule has 5 nitrogen and oxygen atoms in total. The molecule has 0 amide bonds. The van der Waals surface area contributed by atoms with E-state index in [1.165, 1.54) is 6.92 Å². The van der Waals surface area contributed by atoms with E-state index in [0.29, 0.717) is 5.03 Å². The second-order valence-electron chi connectivity index (χ2n) is 4.10. The van der Waals surface area contributed by atoms with Crippen LogP contribution in [0.1, 0.15) is 13.8 Å². The lowest BCUT2D eigenvalue weighted by molar-refractivity contribution is -0.144. The van der Waals surface area contributed by atoms with Gasteiger partial charge in [0.1, 0.15) is 5.03 Å². The maximum Gasteiger partial charge on any atom is 0.327 e. The third-order valence-corrected chi connectivity index (χ3v) is 3.92. The number of rotatable bonds is 5. The third kappa shape index (κ3) is 3.14. The number of fused-ring (bicyclic) bond motifs is 1. The Morgan fingerprint density at radius 3 is 2.80 bits per heavy atom. The summed E-state index contributed by atoms with van der Waals surface area (Å²) in [5.74, 6) is -0.803. The summed E-state index contributed by atoms with van der Waals surface area (Å²) in [4.78, 5) is 23.4. The van der Waals surface area contributed by atoms with Gasteiger partial charge in [0.2, 0.25) is 0 Å². The summed E-state index contributed by atoms with van der Waals surface area (Å²) in [5.41, 5.74) is 0. The first-order chi connectivity index (χ1) is 9.63. The normalized spacial score (nSPS) is 12.1. The van der Waals surface area contributed by atoms with Crippen molar-refractivity contribution in [2.45, 2.75) is 24.1 Å². The minimum absolute atomic E-state index is 0.240. The van der Waals surface area contributed by atoms with Gasteiger partial charge in [0.15, 0.2) is 11.0 Å². The number of hydrogen-bond donors (Lipinski definition) is 0. The smallest absolute Gasteiger partial charge is 0.327 e. The average Bonchev–Trinajstić information content (AvgIpc) is 2.44. The van der Waals surface area contributed by atoms with Gasteiger partial charge in [-0.2, -0.15) is 5.10 Å². The van der Waals surface area contributed by atoms with Crippen LogP contribution in [0.2, 0.25) is 0 Å². The monoisotopic (exact) mass is 290 g/mol. The lowest BCUT2D eigenvalue weighted by Gasteiger charge is -2.12. The minimum atomic E-state index is -0.907. The van der Waals surface area contributed by atoms with Gasteiger partial charge in [-0.1, -0.05) is 36.0 Å². The van der Waals surface area contributed by atoms with Crippen LogP contribution in [-0.4, -0.2) is 33.8 Å². The molecule has 0 saturated heterocycles. The number of carbonyl (C=O) groups is 2. The number of hydrogen-bond acceptors (Lipinski definition) is 6. The van der Waals surface area contributed by atoms with Gasteiger partial charge in [-0.15, -0.1) is 5.10 Å². The standard InChI is InChI=1S/C14H14N2O3S/c1-3-19-14(18)12(9(2)17)20-13-11-7-5-4-6-10(11)8-15-16-13/h4-8,12H,3H2,1-2H3. The van der Waals surface area contributed by atoms with E-state index in [-0.39, 0.29) is 12.4 Å².